The number of likely N-dealkylation sites (tertiary alicyclic amines) is 1. The van der Waals surface area contributed by atoms with E-state index in [2.05, 4.69) is 32.4 Å². The SMILES string of the molecule is CC(C)C(=O)N1CCC(c2cc(-c3ccc(NC(=O)c4cn(C(C)C)c(=O)n(-c5ccccn5)c4=O)cc3)c3c(N)ncnc3c2)CC1.O=C(O)C(F)(F)F. The monoisotopic (exact) mass is 760 g/mol. The van der Waals surface area contributed by atoms with Gasteiger partial charge in [-0.1, -0.05) is 32.0 Å². The smallest absolute Gasteiger partial charge is 0.475 e. The molecule has 1 fully saturated rings. The summed E-state index contributed by atoms with van der Waals surface area (Å²) in [5.41, 5.74) is 8.85. The molecule has 288 valence electrons. The number of aromatic nitrogens is 5. The van der Waals surface area contributed by atoms with E-state index in [1.54, 1.807) is 44.2 Å². The Bertz CT molecular complexity index is 2330. The van der Waals surface area contributed by atoms with Gasteiger partial charge < -0.3 is 21.1 Å². The molecule has 3 aromatic heterocycles. The molecule has 0 spiro atoms. The van der Waals surface area contributed by atoms with Gasteiger partial charge in [-0.15, -0.1) is 0 Å². The topological polar surface area (TPSA) is 195 Å². The number of anilines is 2. The van der Waals surface area contributed by atoms with Crippen molar-refractivity contribution in [1.29, 1.82) is 0 Å². The van der Waals surface area contributed by atoms with Gasteiger partial charge >= 0.3 is 17.8 Å². The number of nitrogens with two attached hydrogens (primary N) is 1. The maximum Gasteiger partial charge on any atom is 0.490 e. The van der Waals surface area contributed by atoms with Crippen LogP contribution in [0.3, 0.4) is 0 Å². The molecule has 5 aromatic rings. The van der Waals surface area contributed by atoms with Crippen molar-refractivity contribution < 1.29 is 32.7 Å². The number of fused-ring (bicyclic) bond motifs is 1. The third kappa shape index (κ3) is 8.88. The summed E-state index contributed by atoms with van der Waals surface area (Å²) in [4.78, 5) is 76.4. The number of carbonyl (C=O) groups excluding carboxylic acids is 2. The van der Waals surface area contributed by atoms with Crippen LogP contribution in [0.2, 0.25) is 0 Å². The molecule has 1 aliphatic heterocycles. The number of hydrogen-bond acceptors (Lipinski definition) is 9. The molecule has 0 bridgehead atoms. The second kappa shape index (κ2) is 16.3. The van der Waals surface area contributed by atoms with E-state index in [9.17, 15) is 32.3 Å². The van der Waals surface area contributed by atoms with Crippen molar-refractivity contribution in [3.8, 4) is 16.9 Å². The number of pyridine rings is 1. The number of benzene rings is 2. The van der Waals surface area contributed by atoms with Gasteiger partial charge in [-0.25, -0.2) is 29.1 Å². The number of hydrogen-bond donors (Lipinski definition) is 3. The molecule has 0 aliphatic carbocycles. The number of carbonyl (C=O) groups is 3. The van der Waals surface area contributed by atoms with Crippen LogP contribution in [0, 0.1) is 5.92 Å². The minimum Gasteiger partial charge on any atom is -0.475 e. The van der Waals surface area contributed by atoms with Crippen molar-refractivity contribution in [2.75, 3.05) is 24.1 Å². The molecule has 1 aliphatic rings. The lowest BCUT2D eigenvalue weighted by Crippen LogP contribution is -2.43. The predicted molar refractivity (Wildman–Crippen MR) is 199 cm³/mol. The first-order valence-corrected chi connectivity index (χ1v) is 17.3. The molecular formula is C38H39F3N8O6. The lowest BCUT2D eigenvalue weighted by Gasteiger charge is -2.33. The van der Waals surface area contributed by atoms with E-state index < -0.39 is 29.3 Å². The Balaban J connectivity index is 0.000000757. The Kier molecular flexibility index (Phi) is 11.8. The molecule has 4 heterocycles. The quantitative estimate of drug-likeness (QED) is 0.193. The third-order valence-electron chi connectivity index (χ3n) is 9.05. The van der Waals surface area contributed by atoms with Crippen LogP contribution in [0.4, 0.5) is 24.7 Å². The number of halogens is 3. The summed E-state index contributed by atoms with van der Waals surface area (Å²) in [6, 6.07) is 16.0. The fourth-order valence-electron chi connectivity index (χ4n) is 6.22. The zero-order chi connectivity index (χ0) is 40.2. The van der Waals surface area contributed by atoms with Gasteiger partial charge in [0.05, 0.1) is 10.9 Å². The van der Waals surface area contributed by atoms with Crippen LogP contribution in [-0.4, -0.2) is 71.1 Å². The highest BCUT2D eigenvalue weighted by Crippen LogP contribution is 2.37. The third-order valence-corrected chi connectivity index (χ3v) is 9.05. The first kappa shape index (κ1) is 39.8. The normalized spacial score (nSPS) is 13.4. The lowest BCUT2D eigenvalue weighted by molar-refractivity contribution is -0.192. The number of aliphatic carboxylic acids is 1. The molecule has 14 nitrogen and oxygen atoms in total. The minimum atomic E-state index is -5.08. The summed E-state index contributed by atoms with van der Waals surface area (Å²) < 4.78 is 34.0. The lowest BCUT2D eigenvalue weighted by atomic mass is 9.86. The number of amides is 2. The van der Waals surface area contributed by atoms with Gasteiger partial charge in [0, 0.05) is 43.1 Å². The van der Waals surface area contributed by atoms with Crippen LogP contribution in [0.5, 0.6) is 0 Å². The molecule has 17 heteroatoms. The van der Waals surface area contributed by atoms with Crippen LogP contribution in [0.1, 0.15) is 68.4 Å². The van der Waals surface area contributed by atoms with E-state index in [1.165, 1.54) is 23.3 Å². The number of alkyl halides is 3. The molecule has 0 saturated carbocycles. The number of carboxylic acids is 1. The van der Waals surface area contributed by atoms with Crippen LogP contribution >= 0.6 is 0 Å². The molecule has 6 rings (SSSR count). The van der Waals surface area contributed by atoms with Crippen LogP contribution < -0.4 is 22.3 Å². The minimum absolute atomic E-state index is 0.0265. The standard InChI is InChI=1S/C36H38N8O4.C2HF3O2/c1-21(2)34(46)42-15-12-23(13-16-42)25-17-27(31-29(18-25)39-20-40-32(31)37)24-8-10-26(11-9-24)41-33(45)28-19-43(22(3)4)36(48)44(35(28)47)30-7-5-6-14-38-30;3-2(4,5)1(6)7/h5-11,14,17-23H,12-13,15-16H2,1-4H3,(H,41,45)(H2,37,39,40);(H,6,7). The second-order valence-corrected chi connectivity index (χ2v) is 13.5. The van der Waals surface area contributed by atoms with Gasteiger partial charge in [-0.05, 0) is 85.7 Å². The van der Waals surface area contributed by atoms with Crippen LogP contribution in [0.15, 0.2) is 82.9 Å². The Morgan fingerprint density at radius 2 is 1.60 bits per heavy atom. The number of nitrogen functional groups attached to an aromatic ring is 1. The predicted octanol–water partition coefficient (Wildman–Crippen LogP) is 5.42. The molecule has 2 amide bonds. The molecular weight excluding hydrogens is 721 g/mol. The summed E-state index contributed by atoms with van der Waals surface area (Å²) in [6.45, 7) is 8.85. The second-order valence-electron chi connectivity index (χ2n) is 13.5. The summed E-state index contributed by atoms with van der Waals surface area (Å²) in [5, 5.41) is 10.7. The molecule has 0 radical (unpaired) electrons. The molecule has 55 heavy (non-hydrogen) atoms. The Hall–Kier alpha value is -6.39. The first-order valence-electron chi connectivity index (χ1n) is 17.3. The average molecular weight is 761 g/mol. The first-order chi connectivity index (χ1) is 26.0. The fourth-order valence-corrected chi connectivity index (χ4v) is 6.22. The van der Waals surface area contributed by atoms with E-state index in [0.29, 0.717) is 24.6 Å². The van der Waals surface area contributed by atoms with Crippen LogP contribution in [-0.2, 0) is 9.59 Å². The van der Waals surface area contributed by atoms with Crippen molar-refractivity contribution in [1.82, 2.24) is 29.0 Å². The maximum absolute atomic E-state index is 13.5. The maximum atomic E-state index is 13.5. The number of rotatable bonds is 7. The van der Waals surface area contributed by atoms with Crippen molar-refractivity contribution in [3.05, 3.63) is 105 Å². The van der Waals surface area contributed by atoms with Gasteiger partial charge in [0.2, 0.25) is 5.91 Å². The van der Waals surface area contributed by atoms with Crippen molar-refractivity contribution >= 4 is 40.2 Å². The number of nitrogens with one attached hydrogen (secondary N) is 1. The van der Waals surface area contributed by atoms with Gasteiger partial charge in [0.15, 0.2) is 0 Å². The van der Waals surface area contributed by atoms with E-state index in [4.69, 9.17) is 15.6 Å². The van der Waals surface area contributed by atoms with Gasteiger partial charge in [-0.3, -0.25) is 19.0 Å². The van der Waals surface area contributed by atoms with E-state index in [1.807, 2.05) is 30.9 Å². The molecule has 1 saturated heterocycles. The Morgan fingerprint density at radius 3 is 2.16 bits per heavy atom. The summed E-state index contributed by atoms with van der Waals surface area (Å²) >= 11 is 0. The highest BCUT2D eigenvalue weighted by Gasteiger charge is 2.38. The zero-order valence-electron chi connectivity index (χ0n) is 30.4. The largest absolute Gasteiger partial charge is 0.490 e. The number of carboxylic acid groups (broad SMARTS) is 1. The van der Waals surface area contributed by atoms with Crippen molar-refractivity contribution in [2.24, 2.45) is 5.92 Å². The number of piperidine rings is 1. The highest BCUT2D eigenvalue weighted by molar-refractivity contribution is 6.05. The van der Waals surface area contributed by atoms with Crippen LogP contribution in [0.25, 0.3) is 27.8 Å². The van der Waals surface area contributed by atoms with Gasteiger partial charge in [-0.2, -0.15) is 13.2 Å². The molecule has 0 unspecified atom stereocenters. The number of nitrogens with zero attached hydrogens (tertiary/aromatic N) is 6. The molecule has 2 aromatic carbocycles. The van der Waals surface area contributed by atoms with Gasteiger partial charge in [0.25, 0.3) is 11.5 Å². The summed E-state index contributed by atoms with van der Waals surface area (Å²) in [7, 11) is 0. The highest BCUT2D eigenvalue weighted by atomic mass is 19.4. The zero-order valence-corrected chi connectivity index (χ0v) is 30.4. The van der Waals surface area contributed by atoms with Crippen molar-refractivity contribution in [2.45, 2.75) is 58.7 Å². The average Bonchev–Trinajstić information content (AvgIpc) is 3.14. The van der Waals surface area contributed by atoms with Crippen molar-refractivity contribution in [3.63, 3.8) is 0 Å². The molecule has 4 N–H and O–H groups in total. The van der Waals surface area contributed by atoms with E-state index in [-0.39, 0.29) is 35.2 Å². The van der Waals surface area contributed by atoms with E-state index in [0.717, 1.165) is 45.0 Å². The van der Waals surface area contributed by atoms with Gasteiger partial charge in [0.1, 0.15) is 23.5 Å². The Morgan fingerprint density at radius 1 is 0.945 bits per heavy atom. The van der Waals surface area contributed by atoms with E-state index >= 15 is 0 Å². The fraction of sp³-hybridized carbons (Fsp3) is 0.316. The Labute approximate surface area is 312 Å². The summed E-state index contributed by atoms with van der Waals surface area (Å²) in [5.74, 6) is -2.51. The molecule has 0 atom stereocenters. The summed E-state index contributed by atoms with van der Waals surface area (Å²) in [6.07, 6.45) is 0.842.